The number of nitrogens with one attached hydrogen (secondary N) is 1. The Bertz CT molecular complexity index is 637. The predicted octanol–water partition coefficient (Wildman–Crippen LogP) is 3.30. The molecule has 1 N–H and O–H groups in total. The summed E-state index contributed by atoms with van der Waals surface area (Å²) in [5, 5.41) is 8.02. The molecule has 2 aromatic rings. The Balaban J connectivity index is 2.33. The van der Waals surface area contributed by atoms with Crippen molar-refractivity contribution in [2.45, 2.75) is 20.4 Å². The first kappa shape index (κ1) is 14.9. The molecule has 6 heteroatoms. The molecule has 0 aliphatic carbocycles. The number of nitrogens with zero attached hydrogens (tertiary/aromatic N) is 2. The van der Waals surface area contributed by atoms with Crippen LogP contribution in [0.4, 0.5) is 0 Å². The first-order valence-electron chi connectivity index (χ1n) is 6.29. The number of halogens is 2. The standard InChI is InChI=1S/C14H15Cl2N3O/c1-3-17-14(20)12-9(2)18-19(13(12)16)8-10-6-4-5-7-11(10)15/h4-7H,3,8H2,1-2H3,(H,17,20). The van der Waals surface area contributed by atoms with Gasteiger partial charge in [-0.1, -0.05) is 41.4 Å². The van der Waals surface area contributed by atoms with Crippen LogP contribution in [0.5, 0.6) is 0 Å². The van der Waals surface area contributed by atoms with Gasteiger partial charge in [0.25, 0.3) is 5.91 Å². The lowest BCUT2D eigenvalue weighted by molar-refractivity contribution is 0.0955. The van der Waals surface area contributed by atoms with E-state index in [1.807, 2.05) is 31.2 Å². The predicted molar refractivity (Wildman–Crippen MR) is 80.5 cm³/mol. The highest BCUT2D eigenvalue weighted by atomic mass is 35.5. The highest BCUT2D eigenvalue weighted by Gasteiger charge is 2.20. The van der Waals surface area contributed by atoms with Crippen LogP contribution in [-0.4, -0.2) is 22.2 Å². The Morgan fingerprint density at radius 3 is 2.70 bits per heavy atom. The molecule has 2 rings (SSSR count). The van der Waals surface area contributed by atoms with Gasteiger partial charge < -0.3 is 5.32 Å². The average molecular weight is 312 g/mol. The normalized spacial score (nSPS) is 10.6. The Morgan fingerprint density at radius 2 is 2.05 bits per heavy atom. The lowest BCUT2D eigenvalue weighted by Gasteiger charge is -2.06. The molecule has 0 atom stereocenters. The van der Waals surface area contributed by atoms with E-state index >= 15 is 0 Å². The largest absolute Gasteiger partial charge is 0.352 e. The molecule has 0 bridgehead atoms. The molecule has 1 aromatic heterocycles. The highest BCUT2D eigenvalue weighted by Crippen LogP contribution is 2.23. The summed E-state index contributed by atoms with van der Waals surface area (Å²) in [7, 11) is 0. The Kier molecular flexibility index (Phi) is 4.68. The minimum Gasteiger partial charge on any atom is -0.352 e. The van der Waals surface area contributed by atoms with Gasteiger partial charge in [0, 0.05) is 11.6 Å². The van der Waals surface area contributed by atoms with Crippen LogP contribution in [0.3, 0.4) is 0 Å². The van der Waals surface area contributed by atoms with Crippen LogP contribution in [0.2, 0.25) is 10.2 Å². The molecule has 1 heterocycles. The lowest BCUT2D eigenvalue weighted by atomic mass is 10.2. The van der Waals surface area contributed by atoms with Crippen molar-refractivity contribution in [3.8, 4) is 0 Å². The SMILES string of the molecule is CCNC(=O)c1c(C)nn(Cc2ccccc2Cl)c1Cl. The summed E-state index contributed by atoms with van der Waals surface area (Å²) in [6.07, 6.45) is 0. The third-order valence-corrected chi connectivity index (χ3v) is 3.66. The molecule has 0 unspecified atom stereocenters. The van der Waals surface area contributed by atoms with Crippen molar-refractivity contribution in [3.63, 3.8) is 0 Å². The van der Waals surface area contributed by atoms with Crippen LogP contribution in [0.25, 0.3) is 0 Å². The van der Waals surface area contributed by atoms with Crippen LogP contribution in [0, 0.1) is 6.92 Å². The summed E-state index contributed by atoms with van der Waals surface area (Å²) in [5.41, 5.74) is 1.93. The number of aryl methyl sites for hydroxylation is 1. The first-order chi connectivity index (χ1) is 9.54. The van der Waals surface area contributed by atoms with Gasteiger partial charge in [-0.05, 0) is 25.5 Å². The highest BCUT2D eigenvalue weighted by molar-refractivity contribution is 6.33. The van der Waals surface area contributed by atoms with E-state index in [1.54, 1.807) is 11.6 Å². The second-order valence-corrected chi connectivity index (χ2v) is 5.12. The van der Waals surface area contributed by atoms with Gasteiger partial charge in [-0.2, -0.15) is 5.10 Å². The van der Waals surface area contributed by atoms with Gasteiger partial charge in [0.15, 0.2) is 0 Å². The quantitative estimate of drug-likeness (QED) is 0.941. The van der Waals surface area contributed by atoms with Crippen LogP contribution >= 0.6 is 23.2 Å². The van der Waals surface area contributed by atoms with Gasteiger partial charge in [-0.3, -0.25) is 4.79 Å². The van der Waals surface area contributed by atoms with Gasteiger partial charge in [0.05, 0.1) is 17.8 Å². The van der Waals surface area contributed by atoms with Crippen molar-refractivity contribution in [1.29, 1.82) is 0 Å². The monoisotopic (exact) mass is 311 g/mol. The summed E-state index contributed by atoms with van der Waals surface area (Å²) in [6, 6.07) is 7.48. The molecule has 0 spiro atoms. The Morgan fingerprint density at radius 1 is 1.35 bits per heavy atom. The van der Waals surface area contributed by atoms with Crippen molar-refractivity contribution in [2.75, 3.05) is 6.54 Å². The Labute approximate surface area is 127 Å². The van der Waals surface area contributed by atoms with E-state index in [9.17, 15) is 4.79 Å². The molecule has 1 aromatic carbocycles. The summed E-state index contributed by atoms with van der Waals surface area (Å²) >= 11 is 12.4. The zero-order valence-electron chi connectivity index (χ0n) is 11.3. The fourth-order valence-corrected chi connectivity index (χ4v) is 2.47. The van der Waals surface area contributed by atoms with Crippen molar-refractivity contribution in [1.82, 2.24) is 15.1 Å². The molecule has 4 nitrogen and oxygen atoms in total. The zero-order chi connectivity index (χ0) is 14.7. The van der Waals surface area contributed by atoms with E-state index in [0.29, 0.717) is 34.5 Å². The summed E-state index contributed by atoms with van der Waals surface area (Å²) < 4.78 is 1.59. The van der Waals surface area contributed by atoms with Crippen molar-refractivity contribution < 1.29 is 4.79 Å². The maximum absolute atomic E-state index is 11.9. The molecular weight excluding hydrogens is 297 g/mol. The molecule has 1 amide bonds. The number of amides is 1. The van der Waals surface area contributed by atoms with Crippen LogP contribution < -0.4 is 5.32 Å². The molecule has 106 valence electrons. The van der Waals surface area contributed by atoms with Gasteiger partial charge in [-0.15, -0.1) is 0 Å². The van der Waals surface area contributed by atoms with Gasteiger partial charge >= 0.3 is 0 Å². The molecule has 0 aliphatic rings. The molecule has 0 radical (unpaired) electrons. The molecule has 0 saturated heterocycles. The number of aromatic nitrogens is 2. The van der Waals surface area contributed by atoms with Crippen LogP contribution in [0.15, 0.2) is 24.3 Å². The zero-order valence-corrected chi connectivity index (χ0v) is 12.8. The van der Waals surface area contributed by atoms with Gasteiger partial charge in [-0.25, -0.2) is 4.68 Å². The fourth-order valence-electron chi connectivity index (χ4n) is 1.95. The second-order valence-electron chi connectivity index (χ2n) is 4.36. The second kappa shape index (κ2) is 6.29. The number of rotatable bonds is 4. The van der Waals surface area contributed by atoms with Gasteiger partial charge in [0.1, 0.15) is 5.15 Å². The third-order valence-electron chi connectivity index (χ3n) is 2.91. The minimum atomic E-state index is -0.208. The molecular formula is C14H15Cl2N3O. The van der Waals surface area contributed by atoms with Crippen LogP contribution in [-0.2, 0) is 6.54 Å². The molecule has 0 saturated carbocycles. The number of hydrogen-bond donors (Lipinski definition) is 1. The average Bonchev–Trinajstić information content (AvgIpc) is 2.67. The van der Waals surface area contributed by atoms with E-state index in [4.69, 9.17) is 23.2 Å². The third kappa shape index (κ3) is 2.97. The summed E-state index contributed by atoms with van der Waals surface area (Å²) in [6.45, 7) is 4.60. The molecule has 0 fully saturated rings. The number of carbonyl (C=O) groups is 1. The van der Waals surface area contributed by atoms with E-state index in [2.05, 4.69) is 10.4 Å². The van der Waals surface area contributed by atoms with Gasteiger partial charge in [0.2, 0.25) is 0 Å². The topological polar surface area (TPSA) is 46.9 Å². The maximum atomic E-state index is 11.9. The van der Waals surface area contributed by atoms with Crippen LogP contribution in [0.1, 0.15) is 28.5 Å². The summed E-state index contributed by atoms with van der Waals surface area (Å²) in [5.74, 6) is -0.208. The number of hydrogen-bond acceptors (Lipinski definition) is 2. The van der Waals surface area contributed by atoms with E-state index in [0.717, 1.165) is 5.56 Å². The van der Waals surface area contributed by atoms with Crippen molar-refractivity contribution in [3.05, 3.63) is 51.3 Å². The Hall–Kier alpha value is -1.52. The lowest BCUT2D eigenvalue weighted by Crippen LogP contribution is -2.23. The molecule has 0 aliphatic heterocycles. The number of benzene rings is 1. The van der Waals surface area contributed by atoms with Crippen molar-refractivity contribution in [2.24, 2.45) is 0 Å². The smallest absolute Gasteiger partial charge is 0.256 e. The molecule has 20 heavy (non-hydrogen) atoms. The minimum absolute atomic E-state index is 0.208. The maximum Gasteiger partial charge on any atom is 0.256 e. The van der Waals surface area contributed by atoms with Crippen molar-refractivity contribution >= 4 is 29.1 Å². The summed E-state index contributed by atoms with van der Waals surface area (Å²) in [4.78, 5) is 11.9. The number of carbonyl (C=O) groups excluding carboxylic acids is 1. The van der Waals surface area contributed by atoms with E-state index in [1.165, 1.54) is 0 Å². The fraction of sp³-hybridized carbons (Fsp3) is 0.286. The first-order valence-corrected chi connectivity index (χ1v) is 7.04. The van der Waals surface area contributed by atoms with E-state index < -0.39 is 0 Å². The van der Waals surface area contributed by atoms with E-state index in [-0.39, 0.29) is 5.91 Å².